The van der Waals surface area contributed by atoms with E-state index in [9.17, 15) is 14.4 Å². The fourth-order valence-electron chi connectivity index (χ4n) is 9.24. The molecule has 2 saturated carbocycles. The number of cyclic esters (lactones) is 1. The number of carbonyl (C=O) groups excluding carboxylic acids is 3. The maximum absolute atomic E-state index is 12.7. The predicted octanol–water partition coefficient (Wildman–Crippen LogP) is 8.12. The summed E-state index contributed by atoms with van der Waals surface area (Å²) in [6, 6.07) is 31.0. The zero-order valence-electron chi connectivity index (χ0n) is 29.6. The average Bonchev–Trinajstić information content (AvgIpc) is 3.45. The maximum atomic E-state index is 12.7. The van der Waals surface area contributed by atoms with Gasteiger partial charge < -0.3 is 18.9 Å². The van der Waals surface area contributed by atoms with Crippen LogP contribution in [0.15, 0.2) is 115 Å². The van der Waals surface area contributed by atoms with Gasteiger partial charge in [0.2, 0.25) is 0 Å². The van der Waals surface area contributed by atoms with Crippen LogP contribution in [0.1, 0.15) is 76.5 Å². The molecule has 1 heterocycles. The van der Waals surface area contributed by atoms with E-state index in [1.54, 1.807) is 0 Å². The van der Waals surface area contributed by atoms with Crippen LogP contribution < -0.4 is 0 Å². The minimum atomic E-state index is -0.932. The molecule has 0 amide bonds. The molecule has 7 heteroatoms. The lowest BCUT2D eigenvalue weighted by molar-refractivity contribution is -0.197. The zero-order chi connectivity index (χ0) is 35.5. The zero-order valence-corrected chi connectivity index (χ0v) is 29.6. The van der Waals surface area contributed by atoms with E-state index in [0.717, 1.165) is 41.5 Å². The van der Waals surface area contributed by atoms with Gasteiger partial charge in [0.15, 0.2) is 6.10 Å². The molecule has 0 N–H and O–H groups in total. The van der Waals surface area contributed by atoms with Crippen LogP contribution in [-0.4, -0.2) is 43.3 Å². The van der Waals surface area contributed by atoms with Crippen LogP contribution >= 0.6 is 0 Å². The summed E-state index contributed by atoms with van der Waals surface area (Å²) in [6.45, 7) is 12.3. The molecule has 2 aliphatic carbocycles. The molecule has 50 heavy (non-hydrogen) atoms. The summed E-state index contributed by atoms with van der Waals surface area (Å²) in [7, 11) is 0. The maximum Gasteiger partial charge on any atom is 0.337 e. The average molecular weight is 677 g/mol. The second kappa shape index (κ2) is 14.4. The van der Waals surface area contributed by atoms with Gasteiger partial charge in [-0.25, -0.2) is 4.79 Å². The number of fused-ring (bicyclic) bond motifs is 1. The number of ether oxygens (including phenoxy) is 4. The molecule has 3 fully saturated rings. The van der Waals surface area contributed by atoms with E-state index in [4.69, 9.17) is 18.9 Å². The molecule has 0 unspecified atom stereocenters. The van der Waals surface area contributed by atoms with E-state index < -0.39 is 29.1 Å². The Kier molecular flexibility index (Phi) is 10.2. The SMILES string of the molecule is C=C1CC[C@@H]2[C@](C)(COC(c3ccccc3)(c3ccccc3)c3ccccc3)[C@H](OC(C)=O)CC[C@@]2(C)[C@@H]1C/C=C1/C(=O)OC[C@H]1OC(C)=O. The van der Waals surface area contributed by atoms with Crippen molar-refractivity contribution in [3.63, 3.8) is 0 Å². The topological polar surface area (TPSA) is 88.1 Å². The lowest BCUT2D eigenvalue weighted by Crippen LogP contribution is -2.59. The Morgan fingerprint density at radius 2 is 1.40 bits per heavy atom. The van der Waals surface area contributed by atoms with Crippen molar-refractivity contribution in [2.24, 2.45) is 22.7 Å². The van der Waals surface area contributed by atoms with E-state index in [2.05, 4.69) is 56.8 Å². The van der Waals surface area contributed by atoms with Crippen LogP contribution in [0, 0.1) is 22.7 Å². The van der Waals surface area contributed by atoms with Crippen LogP contribution in [0.4, 0.5) is 0 Å². The highest BCUT2D eigenvalue weighted by molar-refractivity contribution is 5.92. The molecule has 3 aliphatic rings. The van der Waals surface area contributed by atoms with Gasteiger partial charge in [-0.1, -0.05) is 123 Å². The first-order valence-electron chi connectivity index (χ1n) is 17.7. The molecule has 0 spiro atoms. The second-order valence-corrected chi connectivity index (χ2v) is 14.6. The van der Waals surface area contributed by atoms with Crippen molar-refractivity contribution < 1.29 is 33.3 Å². The van der Waals surface area contributed by atoms with E-state index >= 15 is 0 Å². The van der Waals surface area contributed by atoms with Gasteiger partial charge in [0.05, 0.1) is 12.2 Å². The quantitative estimate of drug-likeness (QED) is 0.0705. The van der Waals surface area contributed by atoms with Gasteiger partial charge >= 0.3 is 17.9 Å². The second-order valence-electron chi connectivity index (χ2n) is 14.6. The third kappa shape index (κ3) is 6.56. The molecule has 7 nitrogen and oxygen atoms in total. The normalized spacial score (nSPS) is 28.8. The molecule has 3 aromatic rings. The van der Waals surface area contributed by atoms with Crippen molar-refractivity contribution in [1.82, 2.24) is 0 Å². The number of esters is 3. The highest BCUT2D eigenvalue weighted by Crippen LogP contribution is 2.63. The Morgan fingerprint density at radius 1 is 0.860 bits per heavy atom. The van der Waals surface area contributed by atoms with E-state index in [-0.39, 0.29) is 35.9 Å². The van der Waals surface area contributed by atoms with Crippen LogP contribution in [0.25, 0.3) is 0 Å². The van der Waals surface area contributed by atoms with E-state index in [1.165, 1.54) is 13.8 Å². The summed E-state index contributed by atoms with van der Waals surface area (Å²) in [6.07, 6.45) is 4.54. The smallest absolute Gasteiger partial charge is 0.337 e. The Labute approximate surface area is 295 Å². The number of hydrogen-bond donors (Lipinski definition) is 0. The summed E-state index contributed by atoms with van der Waals surface area (Å²) < 4.78 is 24.3. The lowest BCUT2D eigenvalue weighted by atomic mass is 9.46. The fourth-order valence-corrected chi connectivity index (χ4v) is 9.24. The van der Waals surface area contributed by atoms with Gasteiger partial charge in [-0.05, 0) is 66.0 Å². The van der Waals surface area contributed by atoms with Crippen molar-refractivity contribution >= 4 is 17.9 Å². The van der Waals surface area contributed by atoms with E-state index in [1.807, 2.05) is 60.7 Å². The Hall–Kier alpha value is -4.49. The molecule has 262 valence electrons. The van der Waals surface area contributed by atoms with Crippen LogP contribution in [0.3, 0.4) is 0 Å². The third-order valence-electron chi connectivity index (χ3n) is 11.6. The van der Waals surface area contributed by atoms with Crippen molar-refractivity contribution in [1.29, 1.82) is 0 Å². The van der Waals surface area contributed by atoms with Gasteiger partial charge in [-0.3, -0.25) is 9.59 Å². The first kappa shape index (κ1) is 35.3. The molecule has 3 aromatic carbocycles. The molecular formula is C43H48O7. The summed E-state index contributed by atoms with van der Waals surface area (Å²) in [5.74, 6) is -1.06. The molecule has 0 aromatic heterocycles. The molecule has 6 atom stereocenters. The van der Waals surface area contributed by atoms with Crippen molar-refractivity contribution in [3.05, 3.63) is 131 Å². The standard InChI is InChI=1S/C43H48O7/c1-29-21-24-38-41(4,36(29)23-22-35-37(49-30(2)44)27-47-40(35)46)26-25-39(50-31(3)45)42(38,5)28-48-43(32-15-9-6-10-16-32,33-17-11-7-12-18-33)34-19-13-8-14-20-34/h6-20,22,36-39H,1,21,23-28H2,2-5H3/b35-22+/t36-,37-,38+,39-,41+,42+/m1/s1. The molecule has 1 aliphatic heterocycles. The van der Waals surface area contributed by atoms with E-state index in [0.29, 0.717) is 25.0 Å². The molecular weight excluding hydrogens is 628 g/mol. The molecule has 6 rings (SSSR count). The first-order chi connectivity index (χ1) is 24.0. The number of rotatable bonds is 10. The number of allylic oxidation sites excluding steroid dienone is 2. The number of benzene rings is 3. The van der Waals surface area contributed by atoms with Gasteiger partial charge in [-0.15, -0.1) is 0 Å². The largest absolute Gasteiger partial charge is 0.462 e. The minimum absolute atomic E-state index is 0.0290. The molecule has 0 bridgehead atoms. The lowest BCUT2D eigenvalue weighted by Gasteiger charge is -2.61. The number of hydrogen-bond acceptors (Lipinski definition) is 7. The summed E-state index contributed by atoms with van der Waals surface area (Å²) in [4.78, 5) is 37.1. The van der Waals surface area contributed by atoms with Gasteiger partial charge in [0.1, 0.15) is 18.3 Å². The van der Waals surface area contributed by atoms with Crippen molar-refractivity contribution in [3.8, 4) is 0 Å². The van der Waals surface area contributed by atoms with Crippen molar-refractivity contribution in [2.75, 3.05) is 13.2 Å². The highest BCUT2D eigenvalue weighted by atomic mass is 16.6. The monoisotopic (exact) mass is 676 g/mol. The van der Waals surface area contributed by atoms with Gasteiger partial charge in [0.25, 0.3) is 0 Å². The van der Waals surface area contributed by atoms with Crippen LogP contribution in [0.5, 0.6) is 0 Å². The minimum Gasteiger partial charge on any atom is -0.462 e. The number of carbonyl (C=O) groups is 3. The van der Waals surface area contributed by atoms with Crippen LogP contribution in [-0.2, 0) is 38.9 Å². The first-order valence-corrected chi connectivity index (χ1v) is 17.7. The summed E-state index contributed by atoms with van der Waals surface area (Å²) in [5.41, 5.74) is 2.81. The fraction of sp³-hybridized carbons (Fsp3) is 0.419. The Bertz CT molecular complexity index is 1640. The van der Waals surface area contributed by atoms with Crippen molar-refractivity contribution in [2.45, 2.75) is 77.6 Å². The third-order valence-corrected chi connectivity index (χ3v) is 11.6. The summed E-state index contributed by atoms with van der Waals surface area (Å²) in [5, 5.41) is 0. The molecule has 1 saturated heterocycles. The Morgan fingerprint density at radius 3 is 1.92 bits per heavy atom. The predicted molar refractivity (Wildman–Crippen MR) is 191 cm³/mol. The highest BCUT2D eigenvalue weighted by Gasteiger charge is 2.60. The molecule has 0 radical (unpaired) electrons. The van der Waals surface area contributed by atoms with Crippen LogP contribution in [0.2, 0.25) is 0 Å². The van der Waals surface area contributed by atoms with Gasteiger partial charge in [0, 0.05) is 19.3 Å². The summed E-state index contributed by atoms with van der Waals surface area (Å²) >= 11 is 0. The Balaban J connectivity index is 1.41. The van der Waals surface area contributed by atoms with Gasteiger partial charge in [-0.2, -0.15) is 0 Å².